The minimum atomic E-state index is -2.02. The molecule has 5 N–H and O–H groups in total. The number of thiazole rings is 1. The summed E-state index contributed by atoms with van der Waals surface area (Å²) in [5, 5.41) is 32.1. The number of fused-ring (bicyclic) bond motifs is 4. The van der Waals surface area contributed by atoms with Crippen molar-refractivity contribution in [1.29, 1.82) is 0 Å². The van der Waals surface area contributed by atoms with Crippen LogP contribution in [0, 0.1) is 47.6 Å². The van der Waals surface area contributed by atoms with Crippen LogP contribution in [0.25, 0.3) is 43.4 Å². The number of terminal acetylenes is 1. The summed E-state index contributed by atoms with van der Waals surface area (Å²) >= 11 is 1.52. The second-order valence-corrected chi connectivity index (χ2v) is 29.4. The molecule has 6 aromatic rings. The van der Waals surface area contributed by atoms with Gasteiger partial charge in [0.1, 0.15) is 40.7 Å². The standard InChI is InChI=1S/C71H83F3N12O8S/c1-6-50-53(72)15-12-45-32-48(87)33-51(57(45)50)59-58(73)60-52(36-75-59)63(85-37-46-13-14-47(38-85)77-46)81-68(79-60)94-31-7-24-82-25-16-44(17-26-82)65(91)84-29-22-70(23-30-84)20-27-83(28-21-70)56(89)35-54(42-8-10-43(11-9-42)61-41(2)76-40-95-61)78-64(90)55-34-49(88)39-86(55)66(92)62(69(3,4)5)80-67(93)71(74)18-19-71/h1,8-12,15,32-33,36,40,44,46-47,49,54-55,62,77,87-88H,7,13-14,16-31,34-35,37-39H2,2-5H3,(H,78,90)(H,80,93)/t46?,47?,49?,54?,55-,62?/m0/s1. The highest BCUT2D eigenvalue weighted by Gasteiger charge is 2.54. The number of pyridine rings is 1. The van der Waals surface area contributed by atoms with Crippen LogP contribution in [0.15, 0.2) is 60.2 Å². The number of likely N-dealkylation sites (tertiary alicyclic amines) is 4. The number of hydrogen-bond acceptors (Lipinski definition) is 16. The molecule has 24 heteroatoms. The molecule has 13 rings (SSSR count). The van der Waals surface area contributed by atoms with Gasteiger partial charge in [0.25, 0.3) is 5.91 Å². The number of aliphatic hydroxyl groups is 1. The van der Waals surface area contributed by atoms with Gasteiger partial charge in [-0.1, -0.05) is 57.0 Å². The van der Waals surface area contributed by atoms with Crippen molar-refractivity contribution in [1.82, 2.24) is 55.5 Å². The van der Waals surface area contributed by atoms with E-state index in [4.69, 9.17) is 16.1 Å². The van der Waals surface area contributed by atoms with Gasteiger partial charge in [-0.15, -0.1) is 17.8 Å². The molecule has 20 nitrogen and oxygen atoms in total. The van der Waals surface area contributed by atoms with Crippen molar-refractivity contribution in [2.24, 2.45) is 16.7 Å². The van der Waals surface area contributed by atoms with E-state index in [1.165, 1.54) is 46.7 Å². The zero-order chi connectivity index (χ0) is 66.7. The number of aliphatic hydroxyl groups excluding tert-OH is 1. The smallest absolute Gasteiger partial charge is 0.319 e. The third-order valence-electron chi connectivity index (χ3n) is 21.1. The summed E-state index contributed by atoms with van der Waals surface area (Å²) in [6, 6.07) is 10.6. The Balaban J connectivity index is 0.602. The van der Waals surface area contributed by atoms with Gasteiger partial charge in [0.2, 0.25) is 23.6 Å². The molecule has 1 saturated carbocycles. The molecule has 0 radical (unpaired) electrons. The lowest BCUT2D eigenvalue weighted by molar-refractivity contribution is -0.145. The summed E-state index contributed by atoms with van der Waals surface area (Å²) in [4.78, 5) is 99.4. The van der Waals surface area contributed by atoms with E-state index in [-0.39, 0.29) is 114 Å². The maximum Gasteiger partial charge on any atom is 0.319 e. The topological polar surface area (TPSA) is 239 Å². The van der Waals surface area contributed by atoms with E-state index in [0.717, 1.165) is 80.6 Å². The highest BCUT2D eigenvalue weighted by atomic mass is 32.1. The summed E-state index contributed by atoms with van der Waals surface area (Å²) in [6.45, 7) is 13.2. The minimum Gasteiger partial charge on any atom is -0.508 e. The molecule has 95 heavy (non-hydrogen) atoms. The van der Waals surface area contributed by atoms with Gasteiger partial charge in [-0.05, 0) is 136 Å². The third-order valence-corrected chi connectivity index (χ3v) is 22.1. The Labute approximate surface area is 554 Å². The molecule has 5 amide bonds. The van der Waals surface area contributed by atoms with Crippen molar-refractivity contribution < 1.29 is 52.1 Å². The number of alkyl halides is 1. The number of benzene rings is 3. The molecule has 502 valence electrons. The predicted octanol–water partition coefficient (Wildman–Crippen LogP) is 8.14. The van der Waals surface area contributed by atoms with Crippen molar-refractivity contribution >= 4 is 68.4 Å². The van der Waals surface area contributed by atoms with Crippen LogP contribution < -0.4 is 25.6 Å². The molecule has 6 atom stereocenters. The van der Waals surface area contributed by atoms with E-state index >= 15 is 8.78 Å². The van der Waals surface area contributed by atoms with Gasteiger partial charge < -0.3 is 55.4 Å². The Morgan fingerprint density at radius 3 is 2.22 bits per heavy atom. The first kappa shape index (κ1) is 65.7. The molecule has 9 heterocycles. The number of nitrogens with zero attached hydrogens (tertiary/aromatic N) is 9. The SMILES string of the molecule is C#Cc1c(F)ccc2cc(O)cc(-c3ncc4c(N5CC6CCC(C5)N6)nc(OCCCN5CCC(C(=O)N6CCC7(CCN(C(=O)CC(NC(=O)[C@@H]8CC(O)CN8C(=O)C(NC(=O)C8(F)CC8)C(C)(C)C)c8ccc(-c9scnc9C)cc8)CC7)CC6)CC5)nc4c3F)c12. The normalized spacial score (nSPS) is 22.6. The Morgan fingerprint density at radius 1 is 0.874 bits per heavy atom. The fourth-order valence-corrected chi connectivity index (χ4v) is 16.1. The number of piperazine rings is 1. The van der Waals surface area contributed by atoms with Crippen LogP contribution in [-0.4, -0.2) is 187 Å². The van der Waals surface area contributed by atoms with Crippen molar-refractivity contribution in [3.63, 3.8) is 0 Å². The Morgan fingerprint density at radius 2 is 1.57 bits per heavy atom. The molecular formula is C71H83F3N12O8S. The fourth-order valence-electron chi connectivity index (χ4n) is 15.3. The number of halogens is 3. The average molecular weight is 1320 g/mol. The largest absolute Gasteiger partial charge is 0.508 e. The molecule has 5 unspecified atom stereocenters. The van der Waals surface area contributed by atoms with Crippen LogP contribution in [0.1, 0.15) is 127 Å². The fraction of sp³-hybridized carbons (Fsp3) is 0.535. The lowest BCUT2D eigenvalue weighted by Crippen LogP contribution is -2.59. The van der Waals surface area contributed by atoms with Crippen molar-refractivity contribution in [2.45, 2.75) is 153 Å². The number of carbonyl (C=O) groups excluding carboxylic acids is 5. The maximum atomic E-state index is 17.1. The number of carbonyl (C=O) groups is 5. The van der Waals surface area contributed by atoms with Gasteiger partial charge in [-0.25, -0.2) is 18.2 Å². The minimum absolute atomic E-state index is 0.0140. The quantitative estimate of drug-likeness (QED) is 0.0428. The first-order chi connectivity index (χ1) is 45.5. The van der Waals surface area contributed by atoms with Gasteiger partial charge in [-0.2, -0.15) is 9.97 Å². The van der Waals surface area contributed by atoms with Gasteiger partial charge in [-0.3, -0.25) is 29.0 Å². The molecule has 3 aromatic heterocycles. The van der Waals surface area contributed by atoms with Crippen LogP contribution in [-0.2, 0) is 24.0 Å². The predicted molar refractivity (Wildman–Crippen MR) is 354 cm³/mol. The number of aromatic nitrogens is 4. The number of rotatable bonds is 17. The van der Waals surface area contributed by atoms with Crippen LogP contribution in [0.2, 0.25) is 0 Å². The lowest BCUT2D eigenvalue weighted by atomic mass is 9.71. The van der Waals surface area contributed by atoms with Crippen LogP contribution >= 0.6 is 11.3 Å². The van der Waals surface area contributed by atoms with E-state index in [1.54, 1.807) is 26.3 Å². The Kier molecular flexibility index (Phi) is 18.4. The Hall–Kier alpha value is -7.98. The van der Waals surface area contributed by atoms with E-state index in [1.807, 2.05) is 41.0 Å². The first-order valence-electron chi connectivity index (χ1n) is 33.5. The molecule has 1 spiro atoms. The van der Waals surface area contributed by atoms with Crippen molar-refractivity contribution in [3.05, 3.63) is 88.7 Å². The van der Waals surface area contributed by atoms with Crippen molar-refractivity contribution in [3.8, 4) is 45.8 Å². The molecule has 1 aliphatic carbocycles. The molecule has 2 bridgehead atoms. The second kappa shape index (κ2) is 26.6. The zero-order valence-corrected chi connectivity index (χ0v) is 55.1. The number of phenolic OH excluding ortho intramolecular Hbond substituents is 1. The van der Waals surface area contributed by atoms with E-state index < -0.39 is 64.7 Å². The van der Waals surface area contributed by atoms with Crippen LogP contribution in [0.5, 0.6) is 11.8 Å². The van der Waals surface area contributed by atoms with Crippen molar-refractivity contribution in [2.75, 3.05) is 77.0 Å². The average Bonchev–Trinajstić information content (AvgIpc) is 1.57. The zero-order valence-electron chi connectivity index (χ0n) is 54.3. The highest BCUT2D eigenvalue weighted by molar-refractivity contribution is 7.13. The maximum absolute atomic E-state index is 17.1. The van der Waals surface area contributed by atoms with Crippen LogP contribution in [0.3, 0.4) is 0 Å². The van der Waals surface area contributed by atoms with Gasteiger partial charge in [0.15, 0.2) is 11.5 Å². The van der Waals surface area contributed by atoms with Gasteiger partial charge in [0.05, 0.1) is 52.2 Å². The van der Waals surface area contributed by atoms with Crippen LogP contribution in [0.4, 0.5) is 19.0 Å². The summed E-state index contributed by atoms with van der Waals surface area (Å²) in [5.41, 5.74) is 1.30. The highest BCUT2D eigenvalue weighted by Crippen LogP contribution is 2.45. The monoisotopic (exact) mass is 1320 g/mol. The van der Waals surface area contributed by atoms with E-state index in [0.29, 0.717) is 74.4 Å². The summed E-state index contributed by atoms with van der Waals surface area (Å²) in [6.07, 6.45) is 13.7. The third kappa shape index (κ3) is 13.6. The number of aryl methyl sites for hydroxylation is 1. The van der Waals surface area contributed by atoms with Gasteiger partial charge in [0, 0.05) is 93.9 Å². The molecule has 3 aromatic carbocycles. The molecule has 6 aliphatic heterocycles. The number of phenols is 1. The van der Waals surface area contributed by atoms with E-state index in [2.05, 4.69) is 46.6 Å². The summed E-state index contributed by atoms with van der Waals surface area (Å²) in [5.74, 6) is -0.727. The van der Waals surface area contributed by atoms with Gasteiger partial charge >= 0.3 is 6.01 Å². The summed E-state index contributed by atoms with van der Waals surface area (Å²) < 4.78 is 53.4. The molecule has 7 aliphatic rings. The van der Waals surface area contributed by atoms with E-state index in [9.17, 15) is 38.6 Å². The lowest BCUT2D eigenvalue weighted by Gasteiger charge is -2.47. The molecule has 6 saturated heterocycles. The molecular weight excluding hydrogens is 1240 g/mol. The Bertz CT molecular complexity index is 3970. The number of ether oxygens (including phenoxy) is 1. The number of β-amino-alcohol motifs (C(OH)–C–C–N with tert-alkyl or cyclic N) is 1. The first-order valence-corrected chi connectivity index (χ1v) is 34.4. The number of anilines is 1. The number of amides is 5. The second-order valence-electron chi connectivity index (χ2n) is 28.5. The number of nitrogens with one attached hydrogen (secondary N) is 3. The molecule has 7 fully saturated rings. The number of hydrogen-bond donors (Lipinski definition) is 5. The number of aromatic hydroxyl groups is 1. The summed E-state index contributed by atoms with van der Waals surface area (Å²) in [7, 11) is 0. The number of piperidine rings is 3.